The molecule has 2 rings (SSSR count). The Labute approximate surface area is 127 Å². The topological polar surface area (TPSA) is 42.1 Å². The molecule has 1 aromatic carbocycles. The molecule has 0 N–H and O–H groups in total. The first-order chi connectivity index (χ1) is 10.2. The average molecular weight is 291 g/mol. The number of amides is 1. The molecule has 21 heavy (non-hydrogen) atoms. The van der Waals surface area contributed by atoms with Crippen molar-refractivity contribution in [3.8, 4) is 5.75 Å². The van der Waals surface area contributed by atoms with Crippen LogP contribution in [0.1, 0.15) is 39.5 Å². The van der Waals surface area contributed by atoms with Gasteiger partial charge in [-0.1, -0.05) is 26.2 Å². The highest BCUT2D eigenvalue weighted by Crippen LogP contribution is 2.21. The highest BCUT2D eigenvalue weighted by molar-refractivity contribution is 5.91. The van der Waals surface area contributed by atoms with Crippen LogP contribution in [0.25, 0.3) is 0 Å². The van der Waals surface area contributed by atoms with Crippen molar-refractivity contribution in [2.24, 2.45) is 0 Å². The molecule has 0 aliphatic carbocycles. The Morgan fingerprint density at radius 3 is 2.57 bits per heavy atom. The smallest absolute Gasteiger partial charge is 0.223 e. The van der Waals surface area contributed by atoms with Crippen LogP contribution in [0.5, 0.6) is 5.75 Å². The summed E-state index contributed by atoms with van der Waals surface area (Å²) in [4.78, 5) is 13.6. The van der Waals surface area contributed by atoms with Gasteiger partial charge in [-0.05, 0) is 30.7 Å². The molecular formula is C17H25NO3. The number of anilines is 1. The Morgan fingerprint density at radius 2 is 2.00 bits per heavy atom. The minimum Gasteiger partial charge on any atom is -0.491 e. The number of rotatable bonds is 9. The predicted octanol–water partition coefficient (Wildman–Crippen LogP) is 3.40. The molecule has 1 amide bonds. The Kier molecular flexibility index (Phi) is 6.05. The van der Waals surface area contributed by atoms with Gasteiger partial charge in [0.1, 0.15) is 18.5 Å². The van der Waals surface area contributed by atoms with Gasteiger partial charge in [-0.15, -0.1) is 0 Å². The van der Waals surface area contributed by atoms with Gasteiger partial charge in [0.2, 0.25) is 5.91 Å². The number of unbranched alkanes of at least 4 members (excludes halogenated alkanes) is 3. The maximum Gasteiger partial charge on any atom is 0.223 e. The van der Waals surface area contributed by atoms with E-state index in [4.69, 9.17) is 9.47 Å². The van der Waals surface area contributed by atoms with Crippen molar-refractivity contribution in [1.82, 2.24) is 0 Å². The maximum absolute atomic E-state index is 11.8. The summed E-state index contributed by atoms with van der Waals surface area (Å²) in [5, 5.41) is 0. The summed E-state index contributed by atoms with van der Waals surface area (Å²) in [6.07, 6.45) is 4.91. The van der Waals surface area contributed by atoms with Crippen LogP contribution in [0.2, 0.25) is 0 Å². The fourth-order valence-corrected chi connectivity index (χ4v) is 2.24. The van der Waals surface area contributed by atoms with Crippen molar-refractivity contribution in [3.63, 3.8) is 0 Å². The lowest BCUT2D eigenvalue weighted by Crippen LogP contribution is -2.29. The minimum absolute atomic E-state index is 0.0894. The van der Waals surface area contributed by atoms with Crippen molar-refractivity contribution in [3.05, 3.63) is 24.3 Å². The first-order valence-electron chi connectivity index (χ1n) is 7.83. The standard InChI is InChI=1S/C17H25NO3/c1-3-4-5-6-11-18(14(2)19)15-7-9-16(10-8-15)20-12-17-13-21-17/h7-10,17H,3-6,11-13H2,1-2H3. The number of ether oxygens (including phenoxy) is 2. The van der Waals surface area contributed by atoms with E-state index in [2.05, 4.69) is 6.92 Å². The van der Waals surface area contributed by atoms with Crippen LogP contribution in [-0.4, -0.2) is 31.8 Å². The zero-order valence-corrected chi connectivity index (χ0v) is 13.0. The molecule has 0 spiro atoms. The quantitative estimate of drug-likeness (QED) is 0.517. The van der Waals surface area contributed by atoms with Crippen molar-refractivity contribution in [2.45, 2.75) is 45.6 Å². The minimum atomic E-state index is 0.0894. The highest BCUT2D eigenvalue weighted by Gasteiger charge is 2.23. The van der Waals surface area contributed by atoms with Crippen LogP contribution in [0.3, 0.4) is 0 Å². The second-order valence-electron chi connectivity index (χ2n) is 5.49. The lowest BCUT2D eigenvalue weighted by Gasteiger charge is -2.21. The van der Waals surface area contributed by atoms with E-state index in [-0.39, 0.29) is 12.0 Å². The number of hydrogen-bond donors (Lipinski definition) is 0. The van der Waals surface area contributed by atoms with Gasteiger partial charge in [0.25, 0.3) is 0 Å². The summed E-state index contributed by atoms with van der Waals surface area (Å²) < 4.78 is 10.7. The van der Waals surface area contributed by atoms with Crippen LogP contribution in [0.4, 0.5) is 5.69 Å². The van der Waals surface area contributed by atoms with Crippen molar-refractivity contribution in [1.29, 1.82) is 0 Å². The average Bonchev–Trinajstić information content (AvgIpc) is 3.30. The van der Waals surface area contributed by atoms with E-state index in [1.165, 1.54) is 19.3 Å². The SMILES string of the molecule is CCCCCCN(C(C)=O)c1ccc(OCC2CO2)cc1. The lowest BCUT2D eigenvalue weighted by atomic mass is 10.2. The Hall–Kier alpha value is -1.55. The summed E-state index contributed by atoms with van der Waals surface area (Å²) >= 11 is 0. The van der Waals surface area contributed by atoms with E-state index in [1.807, 2.05) is 29.2 Å². The Balaban J connectivity index is 1.87. The number of benzene rings is 1. The molecule has 4 heteroatoms. The number of epoxide rings is 1. The van der Waals surface area contributed by atoms with Crippen molar-refractivity contribution >= 4 is 11.6 Å². The van der Waals surface area contributed by atoms with Crippen LogP contribution >= 0.6 is 0 Å². The molecule has 116 valence electrons. The molecule has 1 atom stereocenters. The Bertz CT molecular complexity index is 440. The first kappa shape index (κ1) is 15.8. The number of carbonyl (C=O) groups excluding carboxylic acids is 1. The van der Waals surface area contributed by atoms with E-state index in [1.54, 1.807) is 6.92 Å². The highest BCUT2D eigenvalue weighted by atomic mass is 16.6. The molecule has 0 radical (unpaired) electrons. The van der Waals surface area contributed by atoms with Crippen molar-refractivity contribution < 1.29 is 14.3 Å². The zero-order chi connectivity index (χ0) is 15.1. The van der Waals surface area contributed by atoms with E-state index >= 15 is 0 Å². The number of carbonyl (C=O) groups is 1. The van der Waals surface area contributed by atoms with Crippen LogP contribution < -0.4 is 9.64 Å². The summed E-state index contributed by atoms with van der Waals surface area (Å²) in [5.74, 6) is 0.912. The van der Waals surface area contributed by atoms with Gasteiger partial charge in [-0.2, -0.15) is 0 Å². The lowest BCUT2D eigenvalue weighted by molar-refractivity contribution is -0.116. The summed E-state index contributed by atoms with van der Waals surface area (Å²) in [7, 11) is 0. The van der Waals surface area contributed by atoms with Crippen LogP contribution in [0, 0.1) is 0 Å². The van der Waals surface area contributed by atoms with E-state index < -0.39 is 0 Å². The number of hydrogen-bond acceptors (Lipinski definition) is 3. The molecule has 1 aromatic rings. The van der Waals surface area contributed by atoms with Gasteiger partial charge < -0.3 is 14.4 Å². The zero-order valence-electron chi connectivity index (χ0n) is 13.0. The largest absolute Gasteiger partial charge is 0.491 e. The third-order valence-corrected chi connectivity index (χ3v) is 3.60. The second-order valence-corrected chi connectivity index (χ2v) is 5.49. The molecule has 4 nitrogen and oxygen atoms in total. The van der Waals surface area contributed by atoms with Gasteiger partial charge in [-0.25, -0.2) is 0 Å². The monoisotopic (exact) mass is 291 g/mol. The summed E-state index contributed by atoms with van der Waals surface area (Å²) in [6.45, 7) is 6.00. The molecule has 1 fully saturated rings. The molecule has 1 saturated heterocycles. The van der Waals surface area contributed by atoms with Crippen LogP contribution in [0.15, 0.2) is 24.3 Å². The number of nitrogens with zero attached hydrogens (tertiary/aromatic N) is 1. The van der Waals surface area contributed by atoms with Gasteiger partial charge in [0, 0.05) is 19.2 Å². The molecule has 1 unspecified atom stereocenters. The molecule has 0 aromatic heterocycles. The normalized spacial score (nSPS) is 16.6. The molecule has 1 aliphatic rings. The molecular weight excluding hydrogens is 266 g/mol. The van der Waals surface area contributed by atoms with Crippen LogP contribution in [-0.2, 0) is 9.53 Å². The van der Waals surface area contributed by atoms with Gasteiger partial charge in [0.05, 0.1) is 6.61 Å². The molecule has 1 aliphatic heterocycles. The first-order valence-corrected chi connectivity index (χ1v) is 7.83. The summed E-state index contributed by atoms with van der Waals surface area (Å²) in [6, 6.07) is 7.73. The Morgan fingerprint density at radius 1 is 1.29 bits per heavy atom. The van der Waals surface area contributed by atoms with Gasteiger partial charge >= 0.3 is 0 Å². The third kappa shape index (κ3) is 5.38. The second kappa shape index (κ2) is 8.03. The fourth-order valence-electron chi connectivity index (χ4n) is 2.24. The predicted molar refractivity (Wildman–Crippen MR) is 83.8 cm³/mol. The van der Waals surface area contributed by atoms with E-state index in [0.717, 1.165) is 31.0 Å². The molecule has 0 saturated carbocycles. The van der Waals surface area contributed by atoms with E-state index in [9.17, 15) is 4.79 Å². The van der Waals surface area contributed by atoms with Gasteiger partial charge in [-0.3, -0.25) is 4.79 Å². The maximum atomic E-state index is 11.8. The fraction of sp³-hybridized carbons (Fsp3) is 0.588. The van der Waals surface area contributed by atoms with E-state index in [0.29, 0.717) is 6.61 Å². The molecule has 1 heterocycles. The van der Waals surface area contributed by atoms with Crippen molar-refractivity contribution in [2.75, 3.05) is 24.7 Å². The summed E-state index contributed by atoms with van der Waals surface area (Å²) in [5.41, 5.74) is 0.939. The third-order valence-electron chi connectivity index (χ3n) is 3.60. The molecule has 0 bridgehead atoms. The van der Waals surface area contributed by atoms with Gasteiger partial charge in [0.15, 0.2) is 0 Å².